The number of nitrogens with zero attached hydrogens (tertiary/aromatic N) is 1. The van der Waals surface area contributed by atoms with Gasteiger partial charge < -0.3 is 10.2 Å². The zero-order valence-corrected chi connectivity index (χ0v) is 9.81. The summed E-state index contributed by atoms with van der Waals surface area (Å²) in [6.45, 7) is 0. The highest BCUT2D eigenvalue weighted by atomic mass is 16.4. The number of nitriles is 1. The van der Waals surface area contributed by atoms with Crippen molar-refractivity contribution in [2.45, 2.75) is 25.7 Å². The van der Waals surface area contributed by atoms with E-state index in [0.717, 1.165) is 42.4 Å². The SMILES string of the molecule is N#CC(=Cc1ccc(O)c2c1CCCC2)C(=O)O. The summed E-state index contributed by atoms with van der Waals surface area (Å²) in [6.07, 6.45) is 5.04. The van der Waals surface area contributed by atoms with Crippen molar-refractivity contribution >= 4 is 12.0 Å². The quantitative estimate of drug-likeness (QED) is 0.616. The van der Waals surface area contributed by atoms with E-state index >= 15 is 0 Å². The fourth-order valence-electron chi connectivity index (χ4n) is 2.31. The van der Waals surface area contributed by atoms with E-state index in [1.165, 1.54) is 6.08 Å². The van der Waals surface area contributed by atoms with Gasteiger partial charge in [0.05, 0.1) is 0 Å². The first-order valence-electron chi connectivity index (χ1n) is 5.82. The Morgan fingerprint density at radius 2 is 1.94 bits per heavy atom. The van der Waals surface area contributed by atoms with Crippen LogP contribution in [-0.4, -0.2) is 16.2 Å². The van der Waals surface area contributed by atoms with Crippen LogP contribution in [0.5, 0.6) is 5.75 Å². The molecule has 0 radical (unpaired) electrons. The first-order valence-corrected chi connectivity index (χ1v) is 5.82. The average Bonchev–Trinajstić information content (AvgIpc) is 2.38. The molecule has 1 aliphatic carbocycles. The summed E-state index contributed by atoms with van der Waals surface area (Å²) in [5.41, 5.74) is 2.29. The van der Waals surface area contributed by atoms with Crippen molar-refractivity contribution in [2.75, 3.05) is 0 Å². The number of benzene rings is 1. The molecule has 4 nitrogen and oxygen atoms in total. The largest absolute Gasteiger partial charge is 0.508 e. The van der Waals surface area contributed by atoms with E-state index in [9.17, 15) is 9.90 Å². The lowest BCUT2D eigenvalue weighted by atomic mass is 9.87. The highest BCUT2D eigenvalue weighted by molar-refractivity contribution is 5.96. The maximum atomic E-state index is 10.8. The van der Waals surface area contributed by atoms with Crippen LogP contribution in [0.4, 0.5) is 0 Å². The zero-order valence-electron chi connectivity index (χ0n) is 9.81. The summed E-state index contributed by atoms with van der Waals surface area (Å²) in [6, 6.07) is 4.90. The average molecular weight is 243 g/mol. The molecule has 1 aromatic carbocycles. The molecule has 0 unspecified atom stereocenters. The Bertz CT molecular complexity index is 567. The molecular weight excluding hydrogens is 230 g/mol. The van der Waals surface area contributed by atoms with Gasteiger partial charge in [0.1, 0.15) is 17.4 Å². The van der Waals surface area contributed by atoms with Crippen LogP contribution >= 0.6 is 0 Å². The van der Waals surface area contributed by atoms with E-state index in [4.69, 9.17) is 10.4 Å². The molecule has 0 aromatic heterocycles. The van der Waals surface area contributed by atoms with Crippen molar-refractivity contribution in [3.05, 3.63) is 34.4 Å². The second-order valence-electron chi connectivity index (χ2n) is 4.31. The number of aromatic hydroxyl groups is 1. The number of rotatable bonds is 2. The normalized spacial score (nSPS) is 14.7. The van der Waals surface area contributed by atoms with Gasteiger partial charge in [0.25, 0.3) is 0 Å². The molecule has 0 aliphatic heterocycles. The highest BCUT2D eigenvalue weighted by Gasteiger charge is 2.17. The van der Waals surface area contributed by atoms with E-state index in [1.807, 2.05) is 0 Å². The number of hydrogen-bond donors (Lipinski definition) is 2. The Balaban J connectivity index is 2.53. The van der Waals surface area contributed by atoms with Crippen LogP contribution in [0.2, 0.25) is 0 Å². The molecule has 0 heterocycles. The van der Waals surface area contributed by atoms with Crippen LogP contribution in [-0.2, 0) is 17.6 Å². The topological polar surface area (TPSA) is 81.3 Å². The smallest absolute Gasteiger partial charge is 0.346 e. The van der Waals surface area contributed by atoms with Crippen LogP contribution in [0, 0.1) is 11.3 Å². The number of phenolic OH excluding ortho intramolecular Hbond substituents is 1. The Hall–Kier alpha value is -2.28. The maximum absolute atomic E-state index is 10.8. The molecule has 2 N–H and O–H groups in total. The van der Waals surface area contributed by atoms with Crippen molar-refractivity contribution in [3.63, 3.8) is 0 Å². The monoisotopic (exact) mass is 243 g/mol. The van der Waals surface area contributed by atoms with Gasteiger partial charge in [-0.3, -0.25) is 0 Å². The standard InChI is InChI=1S/C14H13NO3/c15-8-10(14(17)18)7-9-5-6-13(16)12-4-2-1-3-11(9)12/h5-7,16H,1-4H2,(H,17,18). The lowest BCUT2D eigenvalue weighted by Gasteiger charge is -2.19. The number of aliphatic carboxylic acids is 1. The van der Waals surface area contributed by atoms with Gasteiger partial charge >= 0.3 is 5.97 Å². The van der Waals surface area contributed by atoms with E-state index < -0.39 is 5.97 Å². The van der Waals surface area contributed by atoms with Crippen LogP contribution < -0.4 is 0 Å². The number of phenols is 1. The van der Waals surface area contributed by atoms with E-state index in [2.05, 4.69) is 0 Å². The number of carboxylic acids is 1. The molecule has 1 aliphatic rings. The van der Waals surface area contributed by atoms with Gasteiger partial charge in [0.15, 0.2) is 0 Å². The van der Waals surface area contributed by atoms with Gasteiger partial charge in [-0.05, 0) is 54.5 Å². The fourth-order valence-corrected chi connectivity index (χ4v) is 2.31. The Labute approximate surface area is 105 Å². The summed E-state index contributed by atoms with van der Waals surface area (Å²) in [5.74, 6) is -0.967. The number of hydrogen-bond acceptors (Lipinski definition) is 3. The maximum Gasteiger partial charge on any atom is 0.346 e. The summed E-state index contributed by atoms with van der Waals surface area (Å²) < 4.78 is 0. The first kappa shape index (κ1) is 12.2. The third-order valence-corrected chi connectivity index (χ3v) is 3.20. The Morgan fingerprint density at radius 3 is 2.56 bits per heavy atom. The van der Waals surface area contributed by atoms with Gasteiger partial charge in [0.2, 0.25) is 0 Å². The third kappa shape index (κ3) is 2.21. The van der Waals surface area contributed by atoms with E-state index in [0.29, 0.717) is 0 Å². The second-order valence-corrected chi connectivity index (χ2v) is 4.31. The molecule has 92 valence electrons. The van der Waals surface area contributed by atoms with E-state index in [-0.39, 0.29) is 11.3 Å². The summed E-state index contributed by atoms with van der Waals surface area (Å²) in [7, 11) is 0. The zero-order chi connectivity index (χ0) is 13.1. The predicted molar refractivity (Wildman–Crippen MR) is 66.0 cm³/mol. The Kier molecular flexibility index (Phi) is 3.33. The van der Waals surface area contributed by atoms with Crippen LogP contribution in [0.15, 0.2) is 17.7 Å². The molecule has 18 heavy (non-hydrogen) atoms. The molecule has 0 amide bonds. The summed E-state index contributed by atoms with van der Waals surface area (Å²) in [5, 5.41) is 27.4. The lowest BCUT2D eigenvalue weighted by Crippen LogP contribution is -2.06. The van der Waals surface area contributed by atoms with E-state index in [1.54, 1.807) is 18.2 Å². The molecule has 1 aromatic rings. The number of carbonyl (C=O) groups is 1. The Morgan fingerprint density at radius 1 is 1.28 bits per heavy atom. The molecule has 4 heteroatoms. The van der Waals surface area contributed by atoms with Crippen molar-refractivity contribution < 1.29 is 15.0 Å². The van der Waals surface area contributed by atoms with Crippen LogP contribution in [0.3, 0.4) is 0 Å². The van der Waals surface area contributed by atoms with Gasteiger partial charge in [0, 0.05) is 0 Å². The predicted octanol–water partition coefficient (Wildman–Crippen LogP) is 2.26. The molecule has 2 rings (SSSR count). The molecule has 0 spiro atoms. The minimum absolute atomic E-state index is 0.260. The molecule has 0 saturated carbocycles. The van der Waals surface area contributed by atoms with Gasteiger partial charge in [-0.2, -0.15) is 5.26 Å². The van der Waals surface area contributed by atoms with Gasteiger partial charge in [-0.15, -0.1) is 0 Å². The molecule has 0 saturated heterocycles. The molecule has 0 bridgehead atoms. The summed E-state index contributed by atoms with van der Waals surface area (Å²) in [4.78, 5) is 10.8. The highest BCUT2D eigenvalue weighted by Crippen LogP contribution is 2.32. The fraction of sp³-hybridized carbons (Fsp3) is 0.286. The third-order valence-electron chi connectivity index (χ3n) is 3.20. The molecular formula is C14H13NO3. The molecule has 0 fully saturated rings. The van der Waals surface area contributed by atoms with Crippen molar-refractivity contribution in [3.8, 4) is 11.8 Å². The van der Waals surface area contributed by atoms with Crippen molar-refractivity contribution in [1.82, 2.24) is 0 Å². The first-order chi connectivity index (χ1) is 8.63. The van der Waals surface area contributed by atoms with Crippen molar-refractivity contribution in [1.29, 1.82) is 5.26 Å². The van der Waals surface area contributed by atoms with Crippen LogP contribution in [0.1, 0.15) is 29.5 Å². The van der Waals surface area contributed by atoms with Crippen molar-refractivity contribution in [2.24, 2.45) is 0 Å². The minimum Gasteiger partial charge on any atom is -0.508 e. The number of carboxylic acid groups (broad SMARTS) is 1. The van der Waals surface area contributed by atoms with Gasteiger partial charge in [-0.25, -0.2) is 4.79 Å². The van der Waals surface area contributed by atoms with Crippen LogP contribution in [0.25, 0.3) is 6.08 Å². The van der Waals surface area contributed by atoms with Gasteiger partial charge in [-0.1, -0.05) is 6.07 Å². The second kappa shape index (κ2) is 4.92. The summed E-state index contributed by atoms with van der Waals surface area (Å²) >= 11 is 0. The molecule has 0 atom stereocenters. The lowest BCUT2D eigenvalue weighted by molar-refractivity contribution is -0.132. The minimum atomic E-state index is -1.23. The number of fused-ring (bicyclic) bond motifs is 1.